The van der Waals surface area contributed by atoms with Crippen LogP contribution in [0.4, 0.5) is 11.4 Å². The van der Waals surface area contributed by atoms with E-state index in [9.17, 15) is 0 Å². The number of benzene rings is 2. The van der Waals surface area contributed by atoms with Gasteiger partial charge >= 0.3 is 0 Å². The topological polar surface area (TPSA) is 68.5 Å². The second-order valence-corrected chi connectivity index (χ2v) is 8.17. The number of hydrogen-bond acceptors (Lipinski definition) is 8. The van der Waals surface area contributed by atoms with Gasteiger partial charge in [-0.1, -0.05) is 0 Å². The normalized spacial score (nSPS) is 21.8. The minimum Gasteiger partial charge on any atom is -0.494 e. The molecule has 0 bridgehead atoms. The first-order chi connectivity index (χ1) is 15.7. The molecule has 2 aromatic rings. The van der Waals surface area contributed by atoms with Gasteiger partial charge in [0, 0.05) is 38.3 Å². The van der Waals surface area contributed by atoms with Gasteiger partial charge in [-0.15, -0.1) is 0 Å². The van der Waals surface area contributed by atoms with E-state index in [0.29, 0.717) is 13.2 Å². The van der Waals surface area contributed by atoms with Crippen LogP contribution in [0.3, 0.4) is 0 Å². The zero-order valence-corrected chi connectivity index (χ0v) is 18.6. The van der Waals surface area contributed by atoms with Crippen LogP contribution >= 0.6 is 0 Å². The van der Waals surface area contributed by atoms with E-state index in [1.807, 2.05) is 24.3 Å². The van der Waals surface area contributed by atoms with Crippen molar-refractivity contribution in [3.8, 4) is 23.0 Å². The fourth-order valence-corrected chi connectivity index (χ4v) is 3.91. The average Bonchev–Trinajstić information content (AvgIpc) is 3.76. The summed E-state index contributed by atoms with van der Waals surface area (Å²) in [7, 11) is 3.40. The van der Waals surface area contributed by atoms with Crippen molar-refractivity contribution in [3.63, 3.8) is 0 Å². The lowest BCUT2D eigenvalue weighted by atomic mass is 10.2. The van der Waals surface area contributed by atoms with Crippen molar-refractivity contribution in [1.82, 2.24) is 0 Å². The number of methoxy groups -OCH3 is 2. The molecule has 2 aromatic carbocycles. The first-order valence-electron chi connectivity index (χ1n) is 11.1. The molecule has 0 radical (unpaired) electrons. The predicted octanol–water partition coefficient (Wildman–Crippen LogP) is 2.59. The fourth-order valence-electron chi connectivity index (χ4n) is 3.91. The Morgan fingerprint density at radius 1 is 0.719 bits per heavy atom. The Labute approximate surface area is 188 Å². The molecular weight excluding hydrogens is 412 g/mol. The quantitative estimate of drug-likeness (QED) is 0.520. The van der Waals surface area contributed by atoms with Crippen molar-refractivity contribution in [3.05, 3.63) is 36.4 Å². The van der Waals surface area contributed by atoms with Crippen molar-refractivity contribution >= 4 is 11.4 Å². The van der Waals surface area contributed by atoms with E-state index < -0.39 is 0 Å². The number of piperazine rings is 1. The standard InChI is InChI=1S/C24H30N2O6/c1-27-23-11-17(29-13-19-15-31-19)3-5-21(23)25-7-9-26(10-8-25)22-6-4-18(12-24(22)28-2)30-14-20-16-32-20/h3-6,11-12,19-20H,7-10,13-16H2,1-2H3. The molecule has 2 atom stereocenters. The second kappa shape index (κ2) is 9.34. The van der Waals surface area contributed by atoms with E-state index in [1.54, 1.807) is 14.2 Å². The maximum Gasteiger partial charge on any atom is 0.145 e. The first kappa shape index (κ1) is 21.0. The molecule has 3 fully saturated rings. The molecule has 0 aromatic heterocycles. The van der Waals surface area contributed by atoms with Crippen LogP contribution in [0.25, 0.3) is 0 Å². The molecule has 32 heavy (non-hydrogen) atoms. The van der Waals surface area contributed by atoms with Crippen LogP contribution in [0.15, 0.2) is 36.4 Å². The van der Waals surface area contributed by atoms with Gasteiger partial charge in [0.1, 0.15) is 48.4 Å². The molecule has 3 saturated heterocycles. The monoisotopic (exact) mass is 442 g/mol. The Balaban J connectivity index is 1.21. The average molecular weight is 443 g/mol. The molecular formula is C24H30N2O6. The lowest BCUT2D eigenvalue weighted by Gasteiger charge is -2.38. The van der Waals surface area contributed by atoms with Gasteiger partial charge in [-0.3, -0.25) is 0 Å². The van der Waals surface area contributed by atoms with Gasteiger partial charge < -0.3 is 38.2 Å². The van der Waals surface area contributed by atoms with Crippen LogP contribution in [0.2, 0.25) is 0 Å². The number of hydrogen-bond donors (Lipinski definition) is 0. The minimum absolute atomic E-state index is 0.235. The molecule has 8 nitrogen and oxygen atoms in total. The highest BCUT2D eigenvalue weighted by Crippen LogP contribution is 2.36. The van der Waals surface area contributed by atoms with Crippen molar-refractivity contribution in [2.45, 2.75) is 12.2 Å². The molecule has 0 amide bonds. The highest BCUT2D eigenvalue weighted by Gasteiger charge is 2.26. The summed E-state index contributed by atoms with van der Waals surface area (Å²) < 4.78 is 33.3. The molecule has 3 aliphatic rings. The Morgan fingerprint density at radius 2 is 1.12 bits per heavy atom. The zero-order chi connectivity index (χ0) is 21.9. The second-order valence-electron chi connectivity index (χ2n) is 8.17. The maximum atomic E-state index is 5.80. The highest BCUT2D eigenvalue weighted by atomic mass is 16.6. The summed E-state index contributed by atoms with van der Waals surface area (Å²) in [5, 5.41) is 0. The van der Waals surface area contributed by atoms with Crippen LogP contribution in [0.5, 0.6) is 23.0 Å². The smallest absolute Gasteiger partial charge is 0.145 e. The van der Waals surface area contributed by atoms with Crippen LogP contribution in [0.1, 0.15) is 0 Å². The van der Waals surface area contributed by atoms with Crippen LogP contribution in [0, 0.1) is 0 Å². The molecule has 8 heteroatoms. The third-order valence-electron chi connectivity index (χ3n) is 5.94. The summed E-state index contributed by atoms with van der Waals surface area (Å²) in [4.78, 5) is 4.70. The van der Waals surface area contributed by atoms with Gasteiger partial charge in [-0.2, -0.15) is 0 Å². The summed E-state index contributed by atoms with van der Waals surface area (Å²) in [5.41, 5.74) is 2.17. The predicted molar refractivity (Wildman–Crippen MR) is 121 cm³/mol. The molecule has 0 saturated carbocycles. The van der Waals surface area contributed by atoms with E-state index in [-0.39, 0.29) is 12.2 Å². The largest absolute Gasteiger partial charge is 0.494 e. The summed E-state index contributed by atoms with van der Waals surface area (Å²) in [6.07, 6.45) is 0.470. The fraction of sp³-hybridized carbons (Fsp3) is 0.500. The maximum absolute atomic E-state index is 5.80. The van der Waals surface area contributed by atoms with Gasteiger partial charge in [-0.25, -0.2) is 0 Å². The summed E-state index contributed by atoms with van der Waals surface area (Å²) in [6, 6.07) is 12.1. The van der Waals surface area contributed by atoms with Gasteiger partial charge in [0.05, 0.1) is 38.8 Å². The van der Waals surface area contributed by atoms with E-state index in [1.165, 1.54) is 0 Å². The molecule has 3 heterocycles. The third kappa shape index (κ3) is 4.97. The number of anilines is 2. The number of ether oxygens (including phenoxy) is 6. The molecule has 0 aliphatic carbocycles. The highest BCUT2D eigenvalue weighted by molar-refractivity contribution is 5.64. The summed E-state index contributed by atoms with van der Waals surface area (Å²) in [5.74, 6) is 3.26. The van der Waals surface area contributed by atoms with Gasteiger partial charge in [0.25, 0.3) is 0 Å². The Bertz CT molecular complexity index is 847. The molecule has 172 valence electrons. The summed E-state index contributed by atoms with van der Waals surface area (Å²) in [6.45, 7) is 6.27. The Hall–Kier alpha value is -2.84. The SMILES string of the molecule is COc1cc(OCC2CO2)ccc1N1CCN(c2ccc(OCC3CO3)cc2OC)CC1. The Morgan fingerprint density at radius 3 is 1.47 bits per heavy atom. The lowest BCUT2D eigenvalue weighted by Crippen LogP contribution is -2.46. The molecule has 3 aliphatic heterocycles. The van der Waals surface area contributed by atoms with Gasteiger partial charge in [0.2, 0.25) is 0 Å². The summed E-state index contributed by atoms with van der Waals surface area (Å²) >= 11 is 0. The van der Waals surface area contributed by atoms with Crippen molar-refractivity contribution < 1.29 is 28.4 Å². The van der Waals surface area contributed by atoms with E-state index in [0.717, 1.165) is 73.8 Å². The van der Waals surface area contributed by atoms with Crippen LogP contribution in [-0.2, 0) is 9.47 Å². The number of nitrogens with zero attached hydrogens (tertiary/aromatic N) is 2. The molecule has 0 N–H and O–H groups in total. The number of epoxide rings is 2. The van der Waals surface area contributed by atoms with Gasteiger partial charge in [0.15, 0.2) is 0 Å². The zero-order valence-electron chi connectivity index (χ0n) is 18.6. The van der Waals surface area contributed by atoms with Crippen LogP contribution < -0.4 is 28.7 Å². The van der Waals surface area contributed by atoms with Gasteiger partial charge in [-0.05, 0) is 24.3 Å². The Kier molecular flexibility index (Phi) is 6.14. The molecule has 2 unspecified atom stereocenters. The minimum atomic E-state index is 0.235. The van der Waals surface area contributed by atoms with Crippen molar-refractivity contribution in [2.75, 3.05) is 76.6 Å². The van der Waals surface area contributed by atoms with E-state index in [4.69, 9.17) is 28.4 Å². The first-order valence-corrected chi connectivity index (χ1v) is 11.1. The third-order valence-corrected chi connectivity index (χ3v) is 5.94. The van der Waals surface area contributed by atoms with Crippen molar-refractivity contribution in [2.24, 2.45) is 0 Å². The number of rotatable bonds is 10. The lowest BCUT2D eigenvalue weighted by molar-refractivity contribution is 0.262. The molecule has 5 rings (SSSR count). The molecule has 0 spiro atoms. The van der Waals surface area contributed by atoms with Crippen LogP contribution in [-0.4, -0.2) is 79.0 Å². The van der Waals surface area contributed by atoms with E-state index >= 15 is 0 Å². The van der Waals surface area contributed by atoms with E-state index in [2.05, 4.69) is 21.9 Å². The van der Waals surface area contributed by atoms with Crippen molar-refractivity contribution in [1.29, 1.82) is 0 Å².